The Labute approximate surface area is 264 Å². The quantitative estimate of drug-likeness (QED) is 0.172. The normalized spacial score (nSPS) is 11.6. The van der Waals surface area contributed by atoms with Crippen molar-refractivity contribution in [3.63, 3.8) is 0 Å². The van der Waals surface area contributed by atoms with E-state index in [0.29, 0.717) is 11.1 Å². The largest absolute Gasteiger partial charge is 0.478 e. The van der Waals surface area contributed by atoms with Gasteiger partial charge in [0.2, 0.25) is 0 Å². The SMILES string of the molecule is [C-]#[N+]c1nccnc1-c1c(-c2cccc(-c3ccc(C(=O)O)cc3Cl)c2)n(S(=O)(=O)c2ccc(C(F)F)cc2)c2ccc(F)cc12. The summed E-state index contributed by atoms with van der Waals surface area (Å²) in [4.78, 5) is 23.0. The first-order valence-corrected chi connectivity index (χ1v) is 15.1. The van der Waals surface area contributed by atoms with Crippen molar-refractivity contribution < 1.29 is 31.5 Å². The molecule has 6 rings (SSSR count). The van der Waals surface area contributed by atoms with Crippen LogP contribution in [0.1, 0.15) is 22.3 Å². The van der Waals surface area contributed by atoms with E-state index in [2.05, 4.69) is 14.8 Å². The molecule has 0 bridgehead atoms. The van der Waals surface area contributed by atoms with Gasteiger partial charge in [-0.25, -0.2) is 30.4 Å². The fourth-order valence-electron chi connectivity index (χ4n) is 5.18. The maximum atomic E-state index is 14.8. The molecule has 0 spiro atoms. The molecule has 13 heteroatoms. The Morgan fingerprint density at radius 2 is 1.65 bits per heavy atom. The van der Waals surface area contributed by atoms with Gasteiger partial charge in [-0.05, 0) is 54.1 Å². The molecule has 0 fully saturated rings. The summed E-state index contributed by atoms with van der Waals surface area (Å²) in [6, 6.07) is 18.3. The predicted octanol–water partition coefficient (Wildman–Crippen LogP) is 8.65. The number of hydrogen-bond acceptors (Lipinski definition) is 5. The molecule has 0 radical (unpaired) electrons. The van der Waals surface area contributed by atoms with E-state index in [-0.39, 0.29) is 60.3 Å². The molecule has 4 aromatic carbocycles. The van der Waals surface area contributed by atoms with Crippen molar-refractivity contribution in [3.8, 4) is 33.6 Å². The minimum absolute atomic E-state index is 0.0101. The summed E-state index contributed by atoms with van der Waals surface area (Å²) < 4.78 is 71.3. The van der Waals surface area contributed by atoms with Crippen molar-refractivity contribution in [2.75, 3.05) is 0 Å². The topological polar surface area (TPSA) is 107 Å². The monoisotopic (exact) mass is 658 g/mol. The number of nitrogens with zero attached hydrogens (tertiary/aromatic N) is 4. The van der Waals surface area contributed by atoms with Crippen LogP contribution in [0.2, 0.25) is 5.02 Å². The van der Waals surface area contributed by atoms with Crippen molar-refractivity contribution in [3.05, 3.63) is 131 Å². The van der Waals surface area contributed by atoms with Gasteiger partial charge in [-0.1, -0.05) is 54.6 Å². The zero-order valence-corrected chi connectivity index (χ0v) is 24.8. The summed E-state index contributed by atoms with van der Waals surface area (Å²) in [5, 5.41) is 9.58. The van der Waals surface area contributed by atoms with Crippen molar-refractivity contribution in [1.82, 2.24) is 13.9 Å². The molecule has 0 amide bonds. The minimum Gasteiger partial charge on any atom is -0.478 e. The van der Waals surface area contributed by atoms with Crippen LogP contribution in [0.5, 0.6) is 0 Å². The third kappa shape index (κ3) is 5.25. The lowest BCUT2D eigenvalue weighted by molar-refractivity contribution is 0.0697. The zero-order valence-electron chi connectivity index (χ0n) is 23.2. The lowest BCUT2D eigenvalue weighted by Gasteiger charge is -2.15. The van der Waals surface area contributed by atoms with Crippen LogP contribution in [-0.2, 0) is 10.0 Å². The fourth-order valence-corrected chi connectivity index (χ4v) is 7.02. The Balaban J connectivity index is 1.72. The minimum atomic E-state index is -4.57. The standard InChI is InChI=1S/C33H18ClF3N4O4S/c1-38-32-29(39-13-14-40-32)28-25-17-22(35)8-12-27(25)41(46(44,45)23-9-5-18(6-10-23)31(36)37)30(28)20-4-2-3-19(15-20)24-11-7-21(33(42)43)16-26(24)34/h2-17,31H,(H,42,43). The van der Waals surface area contributed by atoms with Crippen LogP contribution in [0.15, 0.2) is 102 Å². The van der Waals surface area contributed by atoms with Gasteiger partial charge in [0.05, 0.1) is 33.6 Å². The number of aromatic carboxylic acids is 1. The zero-order chi connectivity index (χ0) is 32.7. The van der Waals surface area contributed by atoms with Crippen LogP contribution in [0.3, 0.4) is 0 Å². The first kappa shape index (κ1) is 30.5. The number of rotatable bonds is 7. The lowest BCUT2D eigenvalue weighted by Crippen LogP contribution is -2.14. The Kier molecular flexibility index (Phi) is 7.81. The Morgan fingerprint density at radius 3 is 2.33 bits per heavy atom. The van der Waals surface area contributed by atoms with Crippen LogP contribution in [0, 0.1) is 12.4 Å². The van der Waals surface area contributed by atoms with Gasteiger partial charge in [-0.2, -0.15) is 0 Å². The second-order valence-corrected chi connectivity index (χ2v) is 12.1. The smallest absolute Gasteiger partial charge is 0.335 e. The van der Waals surface area contributed by atoms with E-state index in [1.165, 1.54) is 36.7 Å². The van der Waals surface area contributed by atoms with Gasteiger partial charge < -0.3 is 9.95 Å². The van der Waals surface area contributed by atoms with Crippen LogP contribution in [0.25, 0.3) is 49.4 Å². The van der Waals surface area contributed by atoms with E-state index >= 15 is 0 Å². The third-order valence-corrected chi connectivity index (χ3v) is 9.28. The Bertz CT molecular complexity index is 2340. The predicted molar refractivity (Wildman–Crippen MR) is 166 cm³/mol. The highest BCUT2D eigenvalue weighted by Gasteiger charge is 2.31. The van der Waals surface area contributed by atoms with E-state index in [4.69, 9.17) is 18.2 Å². The molecule has 0 unspecified atom stereocenters. The molecule has 228 valence electrons. The molecule has 6 aromatic rings. The number of benzene rings is 4. The molecule has 8 nitrogen and oxygen atoms in total. The molecule has 0 aliphatic rings. The number of carboxylic acids is 1. The summed E-state index contributed by atoms with van der Waals surface area (Å²) in [6.07, 6.45) is -0.216. The summed E-state index contributed by atoms with van der Waals surface area (Å²) in [7, 11) is -4.57. The number of fused-ring (bicyclic) bond motifs is 1. The van der Waals surface area contributed by atoms with Crippen molar-refractivity contribution in [2.45, 2.75) is 11.3 Å². The molecule has 0 aliphatic carbocycles. The maximum Gasteiger partial charge on any atom is 0.335 e. The highest BCUT2D eigenvalue weighted by molar-refractivity contribution is 7.90. The molecule has 0 saturated carbocycles. The second kappa shape index (κ2) is 11.8. The van der Waals surface area contributed by atoms with Gasteiger partial charge >= 0.3 is 5.97 Å². The number of carbonyl (C=O) groups is 1. The van der Waals surface area contributed by atoms with Gasteiger partial charge in [0.15, 0.2) is 0 Å². The second-order valence-electron chi connectivity index (χ2n) is 9.95. The number of hydrogen-bond donors (Lipinski definition) is 1. The molecule has 1 N–H and O–H groups in total. The first-order valence-electron chi connectivity index (χ1n) is 13.3. The molecule has 0 saturated heterocycles. The molecule has 0 atom stereocenters. The van der Waals surface area contributed by atoms with Gasteiger partial charge in [-0.3, -0.25) is 4.98 Å². The number of aromatic nitrogens is 3. The Hall–Kier alpha value is -5.51. The summed E-state index contributed by atoms with van der Waals surface area (Å²) in [6.45, 7) is 7.70. The van der Waals surface area contributed by atoms with Crippen LogP contribution in [-0.4, -0.2) is 33.4 Å². The summed E-state index contributed by atoms with van der Waals surface area (Å²) >= 11 is 6.46. The van der Waals surface area contributed by atoms with E-state index in [9.17, 15) is 31.5 Å². The molecular formula is C33H18ClF3N4O4S. The third-order valence-electron chi connectivity index (χ3n) is 7.24. The van der Waals surface area contributed by atoms with E-state index < -0.39 is 28.2 Å². The van der Waals surface area contributed by atoms with Crippen molar-refractivity contribution >= 4 is 44.3 Å². The highest BCUT2D eigenvalue weighted by atomic mass is 35.5. The van der Waals surface area contributed by atoms with Crippen LogP contribution >= 0.6 is 11.6 Å². The molecule has 46 heavy (non-hydrogen) atoms. The average Bonchev–Trinajstić information content (AvgIpc) is 3.39. The number of halogens is 4. The average molecular weight is 659 g/mol. The van der Waals surface area contributed by atoms with E-state index in [1.54, 1.807) is 24.3 Å². The molecule has 2 aromatic heterocycles. The Morgan fingerprint density at radius 1 is 0.935 bits per heavy atom. The van der Waals surface area contributed by atoms with Crippen molar-refractivity contribution in [1.29, 1.82) is 0 Å². The molecule has 2 heterocycles. The van der Waals surface area contributed by atoms with E-state index in [1.807, 2.05) is 0 Å². The van der Waals surface area contributed by atoms with Gasteiger partial charge in [0.25, 0.3) is 22.3 Å². The lowest BCUT2D eigenvalue weighted by atomic mass is 9.97. The summed E-state index contributed by atoms with van der Waals surface area (Å²) in [5.74, 6) is -2.03. The van der Waals surface area contributed by atoms with Gasteiger partial charge in [-0.15, -0.1) is 4.98 Å². The van der Waals surface area contributed by atoms with Crippen LogP contribution in [0.4, 0.5) is 19.0 Å². The fraction of sp³-hybridized carbons (Fsp3) is 0.0303. The highest BCUT2D eigenvalue weighted by Crippen LogP contribution is 2.45. The number of carboxylic acid groups (broad SMARTS) is 1. The van der Waals surface area contributed by atoms with E-state index in [0.717, 1.165) is 40.4 Å². The first-order chi connectivity index (χ1) is 22.0. The molecule has 0 aliphatic heterocycles. The maximum absolute atomic E-state index is 14.8. The van der Waals surface area contributed by atoms with Gasteiger partial charge in [0, 0.05) is 32.7 Å². The summed E-state index contributed by atoms with van der Waals surface area (Å²) in [5.41, 5.74) is 0.880. The van der Waals surface area contributed by atoms with Crippen LogP contribution < -0.4 is 0 Å². The number of alkyl halides is 2. The molecular weight excluding hydrogens is 641 g/mol. The van der Waals surface area contributed by atoms with Gasteiger partial charge in [0.1, 0.15) is 12.0 Å². The van der Waals surface area contributed by atoms with Crippen molar-refractivity contribution in [2.24, 2.45) is 0 Å².